The summed E-state index contributed by atoms with van der Waals surface area (Å²) in [6, 6.07) is 0. The molecule has 0 heterocycles. The van der Waals surface area contributed by atoms with E-state index >= 15 is 0 Å². The van der Waals surface area contributed by atoms with Crippen LogP contribution >= 0.6 is 0 Å². The first-order valence-corrected chi connectivity index (χ1v) is 13.5. The molecule has 5 rings (SSSR count). The molecular formula is C30H48O. The minimum atomic E-state index is -0.137. The first-order valence-electron chi connectivity index (χ1n) is 13.5. The molecule has 0 saturated heterocycles. The van der Waals surface area contributed by atoms with Crippen molar-refractivity contribution in [3.63, 3.8) is 0 Å². The van der Waals surface area contributed by atoms with E-state index in [1.165, 1.54) is 44.9 Å². The molecule has 5 aliphatic carbocycles. The van der Waals surface area contributed by atoms with Crippen molar-refractivity contribution in [1.29, 1.82) is 0 Å². The quantitative estimate of drug-likeness (QED) is 0.358. The van der Waals surface area contributed by atoms with Crippen LogP contribution in [0.15, 0.2) is 11.6 Å². The van der Waals surface area contributed by atoms with E-state index in [2.05, 4.69) is 61.5 Å². The standard InChI is InChI=1S/C30H48O/c1-19-17-24-28(6,21-18-26(2,3)13-9-20(19)21)14-11-23-29(7)16-12-25(31)27(4,5)22(29)10-15-30(23,24)8/h17,19-23H,9-16,18H2,1-8H3. The van der Waals surface area contributed by atoms with Crippen molar-refractivity contribution in [1.82, 2.24) is 0 Å². The van der Waals surface area contributed by atoms with Crippen LogP contribution in [0.4, 0.5) is 0 Å². The maximum Gasteiger partial charge on any atom is 0.138 e. The van der Waals surface area contributed by atoms with E-state index in [9.17, 15) is 4.79 Å². The predicted molar refractivity (Wildman–Crippen MR) is 130 cm³/mol. The number of rotatable bonds is 0. The van der Waals surface area contributed by atoms with Crippen LogP contribution in [0.3, 0.4) is 0 Å². The number of fused-ring (bicyclic) bond motifs is 7. The smallest absolute Gasteiger partial charge is 0.138 e. The average molecular weight is 425 g/mol. The van der Waals surface area contributed by atoms with Gasteiger partial charge in [-0.15, -0.1) is 0 Å². The lowest BCUT2D eigenvalue weighted by Crippen LogP contribution is -2.62. The molecule has 4 fully saturated rings. The van der Waals surface area contributed by atoms with E-state index in [1.807, 2.05) is 5.57 Å². The highest BCUT2D eigenvalue weighted by atomic mass is 16.1. The first kappa shape index (κ1) is 22.2. The van der Waals surface area contributed by atoms with Gasteiger partial charge in [-0.25, -0.2) is 0 Å². The van der Waals surface area contributed by atoms with Crippen molar-refractivity contribution < 1.29 is 4.79 Å². The molecule has 0 aliphatic heterocycles. The Kier molecular flexibility index (Phi) is 4.66. The van der Waals surface area contributed by atoms with Crippen molar-refractivity contribution in [2.45, 2.75) is 113 Å². The fourth-order valence-corrected chi connectivity index (χ4v) is 10.6. The average Bonchev–Trinajstić information content (AvgIpc) is 2.66. The summed E-state index contributed by atoms with van der Waals surface area (Å²) in [6.45, 7) is 20.0. The van der Waals surface area contributed by atoms with Gasteiger partial charge >= 0.3 is 0 Å². The molecule has 0 radical (unpaired) electrons. The lowest BCUT2D eigenvalue weighted by molar-refractivity contribution is -0.166. The number of Topliss-reactive ketones (excluding diaryl/α,β-unsaturated/α-hetero) is 1. The zero-order valence-electron chi connectivity index (χ0n) is 21.7. The molecule has 31 heavy (non-hydrogen) atoms. The molecule has 1 heteroatoms. The molecule has 174 valence electrons. The SMILES string of the molecule is CC1C=C2C(C)(CCC3C2(C)CCC2C(C)(C)C(=O)CCC23C)C2CC(C)(C)CCC12. The number of hydrogen-bond donors (Lipinski definition) is 0. The predicted octanol–water partition coefficient (Wildman–Crippen LogP) is 8.23. The molecule has 0 spiro atoms. The third-order valence-electron chi connectivity index (χ3n) is 12.3. The van der Waals surface area contributed by atoms with Crippen LogP contribution in [0.5, 0.6) is 0 Å². The Balaban J connectivity index is 1.57. The van der Waals surface area contributed by atoms with Gasteiger partial charge in [0.25, 0.3) is 0 Å². The topological polar surface area (TPSA) is 17.1 Å². The highest BCUT2D eigenvalue weighted by molar-refractivity contribution is 5.85. The minimum absolute atomic E-state index is 0.137. The van der Waals surface area contributed by atoms with Gasteiger partial charge in [-0.1, -0.05) is 67.0 Å². The summed E-state index contributed by atoms with van der Waals surface area (Å²) in [5.74, 6) is 4.31. The van der Waals surface area contributed by atoms with Gasteiger partial charge in [0.15, 0.2) is 0 Å². The third kappa shape index (κ3) is 2.83. The van der Waals surface area contributed by atoms with E-state index in [0.29, 0.717) is 33.4 Å². The van der Waals surface area contributed by atoms with Gasteiger partial charge in [-0.2, -0.15) is 0 Å². The molecule has 0 aromatic heterocycles. The monoisotopic (exact) mass is 424 g/mol. The van der Waals surface area contributed by atoms with Crippen LogP contribution in [0.1, 0.15) is 113 Å². The fourth-order valence-electron chi connectivity index (χ4n) is 10.6. The van der Waals surface area contributed by atoms with Gasteiger partial charge in [-0.05, 0) is 103 Å². The second-order valence-electron chi connectivity index (χ2n) is 14.8. The van der Waals surface area contributed by atoms with E-state index < -0.39 is 0 Å². The van der Waals surface area contributed by atoms with Crippen LogP contribution in [-0.2, 0) is 4.79 Å². The van der Waals surface area contributed by atoms with Gasteiger partial charge in [0, 0.05) is 11.8 Å². The number of hydrogen-bond acceptors (Lipinski definition) is 1. The van der Waals surface area contributed by atoms with Crippen LogP contribution in [-0.4, -0.2) is 5.78 Å². The molecule has 8 unspecified atom stereocenters. The maximum atomic E-state index is 12.9. The van der Waals surface area contributed by atoms with Crippen LogP contribution in [0, 0.1) is 56.7 Å². The molecule has 1 nitrogen and oxygen atoms in total. The summed E-state index contributed by atoms with van der Waals surface area (Å²) in [5, 5.41) is 0. The molecule has 0 aromatic rings. The van der Waals surface area contributed by atoms with Crippen molar-refractivity contribution >= 4 is 5.78 Å². The highest BCUT2D eigenvalue weighted by Crippen LogP contribution is 2.73. The Morgan fingerprint density at radius 2 is 1.45 bits per heavy atom. The van der Waals surface area contributed by atoms with E-state index in [4.69, 9.17) is 0 Å². The van der Waals surface area contributed by atoms with Crippen molar-refractivity contribution in [2.75, 3.05) is 0 Å². The van der Waals surface area contributed by atoms with E-state index in [0.717, 1.165) is 36.5 Å². The zero-order chi connectivity index (χ0) is 22.6. The number of ketones is 1. The summed E-state index contributed by atoms with van der Waals surface area (Å²) in [6.07, 6.45) is 14.3. The fraction of sp³-hybridized carbons (Fsp3) is 0.900. The largest absolute Gasteiger partial charge is 0.299 e. The molecule has 4 saturated carbocycles. The van der Waals surface area contributed by atoms with E-state index in [-0.39, 0.29) is 5.41 Å². The van der Waals surface area contributed by atoms with Crippen LogP contribution in [0.2, 0.25) is 0 Å². The molecule has 0 N–H and O–H groups in total. The third-order valence-corrected chi connectivity index (χ3v) is 12.3. The first-order chi connectivity index (χ1) is 14.3. The molecule has 8 atom stereocenters. The van der Waals surface area contributed by atoms with Gasteiger partial charge in [0.1, 0.15) is 5.78 Å². The van der Waals surface area contributed by atoms with Gasteiger partial charge in [-0.3, -0.25) is 4.79 Å². The number of carbonyl (C=O) groups is 1. The number of allylic oxidation sites excluding steroid dienone is 2. The Bertz CT molecular complexity index is 816. The van der Waals surface area contributed by atoms with Gasteiger partial charge in [0.05, 0.1) is 0 Å². The lowest BCUT2D eigenvalue weighted by atomic mass is 9.35. The van der Waals surface area contributed by atoms with Crippen LogP contribution in [0.25, 0.3) is 0 Å². The van der Waals surface area contributed by atoms with Gasteiger partial charge in [0.2, 0.25) is 0 Å². The summed E-state index contributed by atoms with van der Waals surface area (Å²) in [4.78, 5) is 12.9. The molecule has 0 bridgehead atoms. The second-order valence-corrected chi connectivity index (χ2v) is 14.8. The Hall–Kier alpha value is -0.590. The summed E-state index contributed by atoms with van der Waals surface area (Å²) in [5.41, 5.74) is 3.26. The molecular weight excluding hydrogens is 376 g/mol. The summed E-state index contributed by atoms with van der Waals surface area (Å²) >= 11 is 0. The maximum absolute atomic E-state index is 12.9. The summed E-state index contributed by atoms with van der Waals surface area (Å²) in [7, 11) is 0. The normalized spacial score (nSPS) is 52.8. The van der Waals surface area contributed by atoms with Crippen LogP contribution < -0.4 is 0 Å². The zero-order valence-corrected chi connectivity index (χ0v) is 21.7. The molecule has 0 aromatic carbocycles. The summed E-state index contributed by atoms with van der Waals surface area (Å²) < 4.78 is 0. The van der Waals surface area contributed by atoms with Gasteiger partial charge < -0.3 is 0 Å². The van der Waals surface area contributed by atoms with Crippen molar-refractivity contribution in [3.8, 4) is 0 Å². The lowest BCUT2D eigenvalue weighted by Gasteiger charge is -2.69. The van der Waals surface area contributed by atoms with Crippen molar-refractivity contribution in [3.05, 3.63) is 11.6 Å². The molecule has 0 amide bonds. The number of carbonyl (C=O) groups excluding carboxylic acids is 1. The highest BCUT2D eigenvalue weighted by Gasteiger charge is 2.66. The Morgan fingerprint density at radius 1 is 0.806 bits per heavy atom. The molecule has 5 aliphatic rings. The van der Waals surface area contributed by atoms with E-state index in [1.54, 1.807) is 0 Å². The van der Waals surface area contributed by atoms with Crippen molar-refractivity contribution in [2.24, 2.45) is 56.7 Å². The Labute approximate surface area is 192 Å². The second kappa shape index (κ2) is 6.50. The minimum Gasteiger partial charge on any atom is -0.299 e. The Morgan fingerprint density at radius 3 is 2.16 bits per heavy atom.